The fraction of sp³-hybridized carbons (Fsp3) is 0.263. The highest BCUT2D eigenvalue weighted by atomic mass is 16.5. The maximum Gasteiger partial charge on any atom is 0.271 e. The average molecular weight is 326 g/mol. The van der Waals surface area contributed by atoms with E-state index in [0.717, 1.165) is 11.1 Å². The van der Waals surface area contributed by atoms with Crippen molar-refractivity contribution in [3.05, 3.63) is 59.2 Å². The molecule has 24 heavy (non-hydrogen) atoms. The highest BCUT2D eigenvalue weighted by Gasteiger charge is 2.11. The van der Waals surface area contributed by atoms with Gasteiger partial charge >= 0.3 is 0 Å². The molecule has 0 fully saturated rings. The molecular formula is C19H22N2O3. The summed E-state index contributed by atoms with van der Waals surface area (Å²) in [6.45, 7) is 5.85. The number of hydrogen-bond acceptors (Lipinski definition) is 4. The first-order valence-electron chi connectivity index (χ1n) is 7.75. The Kier molecular flexibility index (Phi) is 5.95. The van der Waals surface area contributed by atoms with Crippen LogP contribution in [0.4, 0.5) is 0 Å². The molecule has 0 aliphatic heterocycles. The van der Waals surface area contributed by atoms with E-state index in [4.69, 9.17) is 9.47 Å². The third kappa shape index (κ3) is 4.59. The van der Waals surface area contributed by atoms with Crippen LogP contribution >= 0.6 is 0 Å². The maximum atomic E-state index is 12.1. The zero-order valence-electron chi connectivity index (χ0n) is 14.4. The number of nitrogens with zero attached hydrogens (tertiary/aromatic N) is 1. The summed E-state index contributed by atoms with van der Waals surface area (Å²) in [4.78, 5) is 12.1. The molecule has 126 valence electrons. The summed E-state index contributed by atoms with van der Waals surface area (Å²) in [7, 11) is 1.59. The molecule has 0 aromatic heterocycles. The summed E-state index contributed by atoms with van der Waals surface area (Å²) in [6, 6.07) is 12.8. The van der Waals surface area contributed by atoms with E-state index < -0.39 is 0 Å². The second-order valence-electron chi connectivity index (χ2n) is 5.61. The fourth-order valence-electron chi connectivity index (χ4n) is 2.09. The first-order chi connectivity index (χ1) is 11.5. The number of hydrogen-bond donors (Lipinski definition) is 1. The van der Waals surface area contributed by atoms with Crippen molar-refractivity contribution in [1.29, 1.82) is 0 Å². The Hall–Kier alpha value is -2.82. The zero-order valence-corrected chi connectivity index (χ0v) is 14.4. The van der Waals surface area contributed by atoms with Gasteiger partial charge in [-0.2, -0.15) is 5.10 Å². The summed E-state index contributed by atoms with van der Waals surface area (Å²) in [6.07, 6.45) is 1.54. The van der Waals surface area contributed by atoms with Crippen LogP contribution in [0.1, 0.15) is 35.3 Å². The Balaban J connectivity index is 2.13. The van der Waals surface area contributed by atoms with Gasteiger partial charge < -0.3 is 9.47 Å². The molecule has 0 unspecified atom stereocenters. The van der Waals surface area contributed by atoms with E-state index in [1.165, 1.54) is 0 Å². The van der Waals surface area contributed by atoms with Crippen LogP contribution in [-0.2, 0) is 0 Å². The molecule has 1 amide bonds. The minimum absolute atomic E-state index is 0.00407. The van der Waals surface area contributed by atoms with Gasteiger partial charge in [0.05, 0.1) is 19.4 Å². The van der Waals surface area contributed by atoms with Crippen LogP contribution < -0.4 is 14.9 Å². The van der Waals surface area contributed by atoms with E-state index in [9.17, 15) is 4.79 Å². The molecule has 2 aromatic rings. The van der Waals surface area contributed by atoms with Crippen LogP contribution in [0.15, 0.2) is 47.6 Å². The first kappa shape index (κ1) is 17.5. The van der Waals surface area contributed by atoms with E-state index in [2.05, 4.69) is 10.5 Å². The maximum absolute atomic E-state index is 12.1. The van der Waals surface area contributed by atoms with Gasteiger partial charge in [0.2, 0.25) is 0 Å². The Morgan fingerprint density at radius 3 is 2.50 bits per heavy atom. The SMILES string of the molecule is COc1cccc(/C=N\NC(=O)c2ccc(C)cc2)c1OC(C)C. The van der Waals surface area contributed by atoms with E-state index in [-0.39, 0.29) is 12.0 Å². The summed E-state index contributed by atoms with van der Waals surface area (Å²) in [5.74, 6) is 0.960. The monoisotopic (exact) mass is 326 g/mol. The van der Waals surface area contributed by atoms with Crippen molar-refractivity contribution in [2.24, 2.45) is 5.10 Å². The van der Waals surface area contributed by atoms with Gasteiger partial charge in [0.25, 0.3) is 5.91 Å². The number of benzene rings is 2. The smallest absolute Gasteiger partial charge is 0.271 e. The van der Waals surface area contributed by atoms with Crippen molar-refractivity contribution in [2.75, 3.05) is 7.11 Å². The molecule has 0 aliphatic carbocycles. The summed E-state index contributed by atoms with van der Waals surface area (Å²) >= 11 is 0. The van der Waals surface area contributed by atoms with Gasteiger partial charge in [-0.25, -0.2) is 5.43 Å². The molecular weight excluding hydrogens is 304 g/mol. The van der Waals surface area contributed by atoms with Gasteiger partial charge in [0.15, 0.2) is 11.5 Å². The second kappa shape index (κ2) is 8.15. The Morgan fingerprint density at radius 2 is 1.88 bits per heavy atom. The van der Waals surface area contributed by atoms with E-state index in [0.29, 0.717) is 17.1 Å². The van der Waals surface area contributed by atoms with Crippen molar-refractivity contribution in [3.63, 3.8) is 0 Å². The van der Waals surface area contributed by atoms with Crippen LogP contribution in [0.2, 0.25) is 0 Å². The summed E-state index contributed by atoms with van der Waals surface area (Å²) in [5.41, 5.74) is 4.90. The highest BCUT2D eigenvalue weighted by Crippen LogP contribution is 2.30. The van der Waals surface area contributed by atoms with Gasteiger partial charge in [0, 0.05) is 11.1 Å². The number of nitrogens with one attached hydrogen (secondary N) is 1. The number of para-hydroxylation sites is 1. The van der Waals surface area contributed by atoms with Gasteiger partial charge in [0.1, 0.15) is 0 Å². The number of methoxy groups -OCH3 is 1. The predicted octanol–water partition coefficient (Wildman–Crippen LogP) is 3.55. The lowest BCUT2D eigenvalue weighted by Crippen LogP contribution is -2.17. The van der Waals surface area contributed by atoms with Gasteiger partial charge in [-0.3, -0.25) is 4.79 Å². The van der Waals surface area contributed by atoms with Gasteiger partial charge in [-0.15, -0.1) is 0 Å². The van der Waals surface area contributed by atoms with Crippen molar-refractivity contribution in [3.8, 4) is 11.5 Å². The second-order valence-corrected chi connectivity index (χ2v) is 5.61. The van der Waals surface area contributed by atoms with Crippen LogP contribution in [0.5, 0.6) is 11.5 Å². The van der Waals surface area contributed by atoms with Crippen LogP contribution in [0, 0.1) is 6.92 Å². The molecule has 5 heteroatoms. The third-order valence-corrected chi connectivity index (χ3v) is 3.27. The van der Waals surface area contributed by atoms with Crippen molar-refractivity contribution < 1.29 is 14.3 Å². The lowest BCUT2D eigenvalue weighted by Gasteiger charge is -2.15. The topological polar surface area (TPSA) is 59.9 Å². The number of aryl methyl sites for hydroxylation is 1. The molecule has 0 atom stereocenters. The molecule has 0 bridgehead atoms. The standard InChI is InChI=1S/C19H22N2O3/c1-13(2)24-18-16(6-5-7-17(18)23-4)12-20-21-19(22)15-10-8-14(3)9-11-15/h5-13H,1-4H3,(H,21,22)/b20-12-. The normalized spacial score (nSPS) is 10.9. The van der Waals surface area contributed by atoms with Crippen molar-refractivity contribution >= 4 is 12.1 Å². The zero-order chi connectivity index (χ0) is 17.5. The van der Waals surface area contributed by atoms with Crippen molar-refractivity contribution in [2.45, 2.75) is 26.9 Å². The summed E-state index contributed by atoms with van der Waals surface area (Å²) in [5, 5.41) is 4.02. The minimum Gasteiger partial charge on any atom is -0.493 e. The molecule has 0 heterocycles. The Labute approximate surface area is 142 Å². The Bertz CT molecular complexity index is 722. The number of carbonyl (C=O) groups excluding carboxylic acids is 1. The number of rotatable bonds is 6. The molecule has 0 saturated heterocycles. The molecule has 0 saturated carbocycles. The van der Waals surface area contributed by atoms with Crippen molar-refractivity contribution in [1.82, 2.24) is 5.43 Å². The lowest BCUT2D eigenvalue weighted by atomic mass is 10.1. The summed E-state index contributed by atoms with van der Waals surface area (Å²) < 4.78 is 11.1. The van der Waals surface area contributed by atoms with Crippen LogP contribution in [0.3, 0.4) is 0 Å². The molecule has 0 radical (unpaired) electrons. The van der Waals surface area contributed by atoms with E-state index in [1.807, 2.05) is 51.1 Å². The van der Waals surface area contributed by atoms with Crippen LogP contribution in [-0.4, -0.2) is 25.3 Å². The highest BCUT2D eigenvalue weighted by molar-refractivity contribution is 5.95. The largest absolute Gasteiger partial charge is 0.493 e. The third-order valence-electron chi connectivity index (χ3n) is 3.27. The predicted molar refractivity (Wildman–Crippen MR) is 95.0 cm³/mol. The quantitative estimate of drug-likeness (QED) is 0.652. The number of ether oxygens (including phenoxy) is 2. The van der Waals surface area contributed by atoms with E-state index >= 15 is 0 Å². The van der Waals surface area contributed by atoms with Crippen LogP contribution in [0.25, 0.3) is 0 Å². The molecule has 0 aliphatic rings. The molecule has 2 rings (SSSR count). The molecule has 1 N–H and O–H groups in total. The number of amides is 1. The van der Waals surface area contributed by atoms with Gasteiger partial charge in [-0.05, 0) is 45.0 Å². The minimum atomic E-state index is -0.263. The number of hydrazone groups is 1. The average Bonchev–Trinajstić information content (AvgIpc) is 2.56. The lowest BCUT2D eigenvalue weighted by molar-refractivity contribution is 0.0955. The molecule has 0 spiro atoms. The van der Waals surface area contributed by atoms with Gasteiger partial charge in [-0.1, -0.05) is 23.8 Å². The molecule has 2 aromatic carbocycles. The number of carbonyl (C=O) groups is 1. The Morgan fingerprint density at radius 1 is 1.17 bits per heavy atom. The fourth-order valence-corrected chi connectivity index (χ4v) is 2.09. The van der Waals surface area contributed by atoms with E-state index in [1.54, 1.807) is 25.5 Å². The first-order valence-corrected chi connectivity index (χ1v) is 7.75. The molecule has 5 nitrogen and oxygen atoms in total.